The molecule has 1 aromatic heterocycles. The van der Waals surface area contributed by atoms with Crippen LogP contribution in [0, 0.1) is 5.92 Å². The number of piperidine rings is 3. The molecular weight excluding hydrogens is 518 g/mol. The lowest BCUT2D eigenvalue weighted by molar-refractivity contribution is -0.136. The summed E-state index contributed by atoms with van der Waals surface area (Å²) in [6.45, 7) is 4.89. The molecule has 1 atom stereocenters. The minimum absolute atomic E-state index is 0.213. The highest BCUT2D eigenvalue weighted by Gasteiger charge is 2.42. The average Bonchev–Trinajstić information content (AvgIpc) is 3.26. The molecular formula is C29H34ClN5O4. The molecule has 4 aliphatic heterocycles. The predicted molar refractivity (Wildman–Crippen MR) is 146 cm³/mol. The molecule has 10 heteroatoms. The molecule has 3 saturated heterocycles. The third kappa shape index (κ3) is 5.27. The number of hydrogen-bond donors (Lipinski definition) is 2. The molecule has 1 unspecified atom stereocenters. The van der Waals surface area contributed by atoms with Gasteiger partial charge in [-0.1, -0.05) is 17.7 Å². The number of nitrogens with zero attached hydrogens (tertiary/aromatic N) is 4. The number of fused-ring (bicyclic) bond motifs is 1. The van der Waals surface area contributed by atoms with Crippen molar-refractivity contribution in [2.75, 3.05) is 37.6 Å². The van der Waals surface area contributed by atoms with Gasteiger partial charge in [-0.05, 0) is 68.4 Å². The SMILES string of the molecule is O=C1CCC(N2Cc3nc(C4(O)CCN(CC5CCN(c6cccc(Cl)c6)CC5)CC4)ccc3C2=O)C(=O)N1. The van der Waals surface area contributed by atoms with Gasteiger partial charge in [-0.3, -0.25) is 24.7 Å². The average molecular weight is 552 g/mol. The number of benzene rings is 1. The summed E-state index contributed by atoms with van der Waals surface area (Å²) in [7, 11) is 0. The molecule has 4 aliphatic rings. The van der Waals surface area contributed by atoms with Gasteiger partial charge in [0.15, 0.2) is 0 Å². The number of rotatable bonds is 5. The third-order valence-electron chi connectivity index (χ3n) is 8.84. The maximum atomic E-state index is 13.0. The van der Waals surface area contributed by atoms with E-state index in [4.69, 9.17) is 16.6 Å². The first-order chi connectivity index (χ1) is 18.8. The molecule has 39 heavy (non-hydrogen) atoms. The molecule has 0 bridgehead atoms. The largest absolute Gasteiger partial charge is 0.383 e. The van der Waals surface area contributed by atoms with E-state index in [1.807, 2.05) is 18.2 Å². The number of anilines is 1. The van der Waals surface area contributed by atoms with Gasteiger partial charge < -0.3 is 19.8 Å². The van der Waals surface area contributed by atoms with Crippen LogP contribution in [0.3, 0.4) is 0 Å². The van der Waals surface area contributed by atoms with Gasteiger partial charge in [0.05, 0.1) is 23.5 Å². The summed E-state index contributed by atoms with van der Waals surface area (Å²) in [5.41, 5.74) is 1.80. The van der Waals surface area contributed by atoms with Crippen LogP contribution in [0.25, 0.3) is 0 Å². The number of aliphatic hydroxyl groups is 1. The maximum Gasteiger partial charge on any atom is 0.256 e. The Kier molecular flexibility index (Phi) is 7.07. The highest BCUT2D eigenvalue weighted by atomic mass is 35.5. The van der Waals surface area contributed by atoms with Crippen LogP contribution in [-0.2, 0) is 21.7 Å². The maximum absolute atomic E-state index is 13.0. The Bertz CT molecular complexity index is 1290. The van der Waals surface area contributed by atoms with Crippen LogP contribution in [0.2, 0.25) is 5.02 Å². The molecule has 0 radical (unpaired) electrons. The van der Waals surface area contributed by atoms with Crippen LogP contribution in [0.15, 0.2) is 36.4 Å². The second kappa shape index (κ2) is 10.5. The lowest BCUT2D eigenvalue weighted by Gasteiger charge is -2.41. The fourth-order valence-corrected chi connectivity index (χ4v) is 6.65. The molecule has 3 fully saturated rings. The van der Waals surface area contributed by atoms with Crippen LogP contribution in [-0.4, -0.2) is 76.4 Å². The molecule has 1 aromatic carbocycles. The van der Waals surface area contributed by atoms with Crippen molar-refractivity contribution < 1.29 is 19.5 Å². The summed E-state index contributed by atoms with van der Waals surface area (Å²) in [5, 5.41) is 14.6. The molecule has 0 aliphatic carbocycles. The first kappa shape index (κ1) is 26.2. The van der Waals surface area contributed by atoms with E-state index >= 15 is 0 Å². The lowest BCUT2D eigenvalue weighted by Crippen LogP contribution is -2.52. The molecule has 3 amide bonds. The number of imide groups is 1. The van der Waals surface area contributed by atoms with E-state index in [-0.39, 0.29) is 24.8 Å². The first-order valence-electron chi connectivity index (χ1n) is 13.9. The number of carbonyl (C=O) groups is 3. The third-order valence-corrected chi connectivity index (χ3v) is 9.07. The summed E-state index contributed by atoms with van der Waals surface area (Å²) in [6.07, 6.45) is 3.98. The van der Waals surface area contributed by atoms with E-state index < -0.39 is 17.6 Å². The highest BCUT2D eigenvalue weighted by molar-refractivity contribution is 6.30. The van der Waals surface area contributed by atoms with Gasteiger partial charge in [-0.25, -0.2) is 0 Å². The van der Waals surface area contributed by atoms with E-state index in [0.717, 1.165) is 50.6 Å². The molecule has 0 saturated carbocycles. The Morgan fingerprint density at radius 3 is 2.51 bits per heavy atom. The van der Waals surface area contributed by atoms with Crippen LogP contribution >= 0.6 is 11.6 Å². The molecule has 2 aromatic rings. The van der Waals surface area contributed by atoms with Gasteiger partial charge in [0.25, 0.3) is 5.91 Å². The zero-order valence-electron chi connectivity index (χ0n) is 21.9. The fourth-order valence-electron chi connectivity index (χ4n) is 6.47. The Hall–Kier alpha value is -3.01. The van der Waals surface area contributed by atoms with Crippen molar-refractivity contribution in [1.29, 1.82) is 0 Å². The van der Waals surface area contributed by atoms with E-state index in [2.05, 4.69) is 21.2 Å². The number of nitrogens with one attached hydrogen (secondary N) is 1. The Morgan fingerprint density at radius 2 is 1.79 bits per heavy atom. The van der Waals surface area contributed by atoms with Crippen molar-refractivity contribution in [3.8, 4) is 0 Å². The van der Waals surface area contributed by atoms with E-state index in [1.54, 1.807) is 12.1 Å². The van der Waals surface area contributed by atoms with Crippen molar-refractivity contribution >= 4 is 35.0 Å². The van der Waals surface area contributed by atoms with Crippen LogP contribution < -0.4 is 10.2 Å². The topological polar surface area (TPSA) is 106 Å². The van der Waals surface area contributed by atoms with Gasteiger partial charge >= 0.3 is 0 Å². The summed E-state index contributed by atoms with van der Waals surface area (Å²) >= 11 is 6.17. The molecule has 6 rings (SSSR count). The molecule has 5 heterocycles. The number of hydrogen-bond acceptors (Lipinski definition) is 7. The Balaban J connectivity index is 1.03. The van der Waals surface area contributed by atoms with Gasteiger partial charge in [0, 0.05) is 49.9 Å². The van der Waals surface area contributed by atoms with Crippen LogP contribution in [0.5, 0.6) is 0 Å². The zero-order chi connectivity index (χ0) is 27.1. The normalized spacial score (nSPS) is 24.2. The van der Waals surface area contributed by atoms with E-state index in [0.29, 0.717) is 42.1 Å². The summed E-state index contributed by atoms with van der Waals surface area (Å²) in [5.74, 6) is -0.359. The van der Waals surface area contributed by atoms with Crippen LogP contribution in [0.1, 0.15) is 60.3 Å². The second-order valence-corrected chi connectivity index (χ2v) is 11.8. The summed E-state index contributed by atoms with van der Waals surface area (Å²) in [6, 6.07) is 10.9. The number of likely N-dealkylation sites (tertiary alicyclic amines) is 1. The molecule has 9 nitrogen and oxygen atoms in total. The quantitative estimate of drug-likeness (QED) is 0.550. The summed E-state index contributed by atoms with van der Waals surface area (Å²) in [4.78, 5) is 47.9. The lowest BCUT2D eigenvalue weighted by atomic mass is 9.86. The minimum atomic E-state index is -1.04. The number of aromatic nitrogens is 1. The Labute approximate surface area is 233 Å². The molecule has 2 N–H and O–H groups in total. The fraction of sp³-hybridized carbons (Fsp3) is 0.517. The van der Waals surface area contributed by atoms with Gasteiger partial charge in [0.1, 0.15) is 11.6 Å². The number of amides is 3. The smallest absolute Gasteiger partial charge is 0.256 e. The Morgan fingerprint density at radius 1 is 1.03 bits per heavy atom. The number of halogens is 1. The van der Waals surface area contributed by atoms with Gasteiger partial charge in [-0.15, -0.1) is 0 Å². The van der Waals surface area contributed by atoms with Crippen molar-refractivity contribution in [2.24, 2.45) is 5.92 Å². The number of carbonyl (C=O) groups excluding carboxylic acids is 3. The zero-order valence-corrected chi connectivity index (χ0v) is 22.7. The van der Waals surface area contributed by atoms with Crippen molar-refractivity contribution in [3.63, 3.8) is 0 Å². The second-order valence-electron chi connectivity index (χ2n) is 11.3. The molecule has 0 spiro atoms. The highest BCUT2D eigenvalue weighted by Crippen LogP contribution is 2.35. The molecule has 206 valence electrons. The van der Waals surface area contributed by atoms with Crippen molar-refractivity contribution in [3.05, 3.63) is 58.4 Å². The summed E-state index contributed by atoms with van der Waals surface area (Å²) < 4.78 is 0. The van der Waals surface area contributed by atoms with Crippen molar-refractivity contribution in [1.82, 2.24) is 20.1 Å². The van der Waals surface area contributed by atoms with E-state index in [9.17, 15) is 19.5 Å². The minimum Gasteiger partial charge on any atom is -0.383 e. The number of pyridine rings is 1. The van der Waals surface area contributed by atoms with Crippen molar-refractivity contribution in [2.45, 2.75) is 56.7 Å². The van der Waals surface area contributed by atoms with Crippen LogP contribution in [0.4, 0.5) is 5.69 Å². The predicted octanol–water partition coefficient (Wildman–Crippen LogP) is 2.70. The van der Waals surface area contributed by atoms with E-state index in [1.165, 1.54) is 10.6 Å². The standard InChI is InChI=1S/C29H34ClN5O4/c30-20-2-1-3-21(16-20)34-12-8-19(9-13-34)17-33-14-10-29(39,11-15-33)25-6-4-22-23(31-25)18-35(28(22)38)24-5-7-26(36)32-27(24)37/h1-4,6,16,19,24,39H,5,7-15,17-18H2,(H,32,36,37). The monoisotopic (exact) mass is 551 g/mol. The van der Waals surface area contributed by atoms with Gasteiger partial charge in [0.2, 0.25) is 11.8 Å². The van der Waals surface area contributed by atoms with Gasteiger partial charge in [-0.2, -0.15) is 0 Å². The first-order valence-corrected chi connectivity index (χ1v) is 14.3.